The highest BCUT2D eigenvalue weighted by molar-refractivity contribution is 5.75. The monoisotopic (exact) mass is 181 g/mol. The fraction of sp³-hybridized carbons (Fsp3) is 0.909. The van der Waals surface area contributed by atoms with Crippen molar-refractivity contribution in [3.63, 3.8) is 0 Å². The van der Waals surface area contributed by atoms with E-state index < -0.39 is 0 Å². The molecule has 0 aromatic carbocycles. The predicted octanol–water partition coefficient (Wildman–Crippen LogP) is 1.70. The summed E-state index contributed by atoms with van der Waals surface area (Å²) >= 11 is 0. The third kappa shape index (κ3) is 2.11. The molecule has 2 bridgehead atoms. The minimum atomic E-state index is 0.358. The van der Waals surface area contributed by atoms with E-state index in [1.165, 1.54) is 32.5 Å². The van der Waals surface area contributed by atoms with Crippen LogP contribution in [0.5, 0.6) is 0 Å². The molecule has 1 unspecified atom stereocenters. The third-order valence-corrected chi connectivity index (χ3v) is 3.66. The molecule has 3 heterocycles. The Bertz CT molecular complexity index is 194. The number of rotatable bonds is 3. The Morgan fingerprint density at radius 3 is 2.54 bits per heavy atom. The molecule has 2 heteroatoms. The van der Waals surface area contributed by atoms with E-state index in [4.69, 9.17) is 0 Å². The van der Waals surface area contributed by atoms with E-state index >= 15 is 0 Å². The van der Waals surface area contributed by atoms with E-state index in [2.05, 4.69) is 4.90 Å². The van der Waals surface area contributed by atoms with Crippen molar-refractivity contribution in [2.45, 2.75) is 32.6 Å². The van der Waals surface area contributed by atoms with Crippen LogP contribution in [0.4, 0.5) is 0 Å². The van der Waals surface area contributed by atoms with Gasteiger partial charge < -0.3 is 9.69 Å². The van der Waals surface area contributed by atoms with Crippen LogP contribution in [0.15, 0.2) is 0 Å². The van der Waals surface area contributed by atoms with Crippen molar-refractivity contribution in [2.75, 3.05) is 19.6 Å². The first kappa shape index (κ1) is 9.20. The van der Waals surface area contributed by atoms with E-state index in [1.54, 1.807) is 6.92 Å². The van der Waals surface area contributed by atoms with Crippen LogP contribution in [0.3, 0.4) is 0 Å². The van der Waals surface area contributed by atoms with Gasteiger partial charge in [0.2, 0.25) is 0 Å². The summed E-state index contributed by atoms with van der Waals surface area (Å²) in [5.74, 6) is 2.12. The van der Waals surface area contributed by atoms with Gasteiger partial charge in [0.25, 0.3) is 0 Å². The van der Waals surface area contributed by atoms with E-state index in [1.807, 2.05) is 0 Å². The number of ketones is 1. The van der Waals surface area contributed by atoms with Crippen LogP contribution in [0.25, 0.3) is 0 Å². The molecule has 3 fully saturated rings. The van der Waals surface area contributed by atoms with Gasteiger partial charge >= 0.3 is 0 Å². The minimum Gasteiger partial charge on any atom is -0.303 e. The molecule has 1 atom stereocenters. The Kier molecular flexibility index (Phi) is 2.68. The number of carbonyl (C=O) groups is 1. The van der Waals surface area contributed by atoms with E-state index in [-0.39, 0.29) is 0 Å². The number of Topliss-reactive ketones (excluding diaryl/α,β-unsaturated/α-hetero) is 1. The van der Waals surface area contributed by atoms with Crippen molar-refractivity contribution < 1.29 is 4.79 Å². The molecule has 0 aromatic heterocycles. The van der Waals surface area contributed by atoms with Crippen LogP contribution in [0, 0.1) is 11.8 Å². The zero-order chi connectivity index (χ0) is 9.26. The van der Waals surface area contributed by atoms with Gasteiger partial charge in [-0.3, -0.25) is 0 Å². The molecular formula is C11H19NO. The highest BCUT2D eigenvalue weighted by atomic mass is 16.1. The summed E-state index contributed by atoms with van der Waals surface area (Å²) in [6.45, 7) is 5.59. The zero-order valence-electron chi connectivity index (χ0n) is 8.46. The van der Waals surface area contributed by atoms with Gasteiger partial charge in [0.1, 0.15) is 5.78 Å². The topological polar surface area (TPSA) is 20.3 Å². The molecule has 2 nitrogen and oxygen atoms in total. The second-order valence-electron chi connectivity index (χ2n) is 4.64. The largest absolute Gasteiger partial charge is 0.303 e. The highest BCUT2D eigenvalue weighted by Gasteiger charge is 2.33. The lowest BCUT2D eigenvalue weighted by molar-refractivity contribution is -0.117. The first-order valence-corrected chi connectivity index (χ1v) is 5.47. The Hall–Kier alpha value is -0.370. The molecule has 3 rings (SSSR count). The Labute approximate surface area is 80.3 Å². The number of hydrogen-bond acceptors (Lipinski definition) is 2. The van der Waals surface area contributed by atoms with Gasteiger partial charge in [0.15, 0.2) is 0 Å². The fourth-order valence-electron chi connectivity index (χ4n) is 2.80. The van der Waals surface area contributed by atoms with Gasteiger partial charge in [-0.05, 0) is 51.1 Å². The summed E-state index contributed by atoms with van der Waals surface area (Å²) in [5.41, 5.74) is 0. The molecule has 3 aliphatic heterocycles. The van der Waals surface area contributed by atoms with Crippen LogP contribution in [-0.4, -0.2) is 30.3 Å². The summed E-state index contributed by atoms with van der Waals surface area (Å²) in [6.07, 6.45) is 4.69. The average molecular weight is 181 g/mol. The molecule has 13 heavy (non-hydrogen) atoms. The van der Waals surface area contributed by atoms with Gasteiger partial charge in [0, 0.05) is 13.0 Å². The van der Waals surface area contributed by atoms with Crippen molar-refractivity contribution in [2.24, 2.45) is 11.8 Å². The summed E-state index contributed by atoms with van der Waals surface area (Å²) in [5, 5.41) is 0. The van der Waals surface area contributed by atoms with Crippen LogP contribution in [0.2, 0.25) is 0 Å². The number of nitrogens with zero attached hydrogens (tertiary/aromatic N) is 1. The number of hydrogen-bond donors (Lipinski definition) is 0. The lowest BCUT2D eigenvalue weighted by Crippen LogP contribution is -2.47. The molecular weight excluding hydrogens is 162 g/mol. The van der Waals surface area contributed by atoms with Crippen LogP contribution in [-0.2, 0) is 4.79 Å². The molecule has 0 spiro atoms. The third-order valence-electron chi connectivity index (χ3n) is 3.66. The summed E-state index contributed by atoms with van der Waals surface area (Å²) < 4.78 is 0. The van der Waals surface area contributed by atoms with Gasteiger partial charge in [0.05, 0.1) is 0 Å². The Balaban J connectivity index is 1.83. The predicted molar refractivity (Wildman–Crippen MR) is 52.6 cm³/mol. The summed E-state index contributed by atoms with van der Waals surface area (Å²) in [4.78, 5) is 13.4. The van der Waals surface area contributed by atoms with E-state index in [0.717, 1.165) is 24.7 Å². The van der Waals surface area contributed by atoms with Crippen LogP contribution in [0.1, 0.15) is 32.6 Å². The summed E-state index contributed by atoms with van der Waals surface area (Å²) in [7, 11) is 0. The van der Waals surface area contributed by atoms with Gasteiger partial charge in [-0.25, -0.2) is 0 Å². The molecule has 3 saturated heterocycles. The molecule has 0 radical (unpaired) electrons. The first-order valence-electron chi connectivity index (χ1n) is 5.47. The molecule has 3 aliphatic rings. The molecule has 0 N–H and O–H groups in total. The molecule has 0 saturated carbocycles. The van der Waals surface area contributed by atoms with Crippen LogP contribution < -0.4 is 0 Å². The van der Waals surface area contributed by atoms with Crippen molar-refractivity contribution in [3.8, 4) is 0 Å². The van der Waals surface area contributed by atoms with Gasteiger partial charge in [-0.1, -0.05) is 0 Å². The van der Waals surface area contributed by atoms with Crippen molar-refractivity contribution in [3.05, 3.63) is 0 Å². The normalized spacial score (nSPS) is 37.8. The molecule has 0 aromatic rings. The number of fused-ring (bicyclic) bond motifs is 3. The smallest absolute Gasteiger partial charge is 0.129 e. The first-order chi connectivity index (χ1) is 6.25. The minimum absolute atomic E-state index is 0.358. The zero-order valence-corrected chi connectivity index (χ0v) is 8.46. The maximum Gasteiger partial charge on any atom is 0.129 e. The molecule has 74 valence electrons. The maximum absolute atomic E-state index is 10.9. The van der Waals surface area contributed by atoms with Gasteiger partial charge in [-0.15, -0.1) is 0 Å². The second kappa shape index (κ2) is 3.79. The number of carbonyl (C=O) groups excluding carboxylic acids is 1. The lowest BCUT2D eigenvalue weighted by atomic mass is 9.77. The summed E-state index contributed by atoms with van der Waals surface area (Å²) in [6, 6.07) is 0. The Morgan fingerprint density at radius 2 is 2.08 bits per heavy atom. The molecule has 0 amide bonds. The standard InChI is InChI=1S/C11H19NO/c1-9(13)2-3-11-8-12-6-4-10(11)5-7-12/h10-11H,2-8H2,1H3. The average Bonchev–Trinajstić information content (AvgIpc) is 2.17. The lowest BCUT2D eigenvalue weighted by Gasteiger charge is -2.44. The Morgan fingerprint density at radius 1 is 1.38 bits per heavy atom. The maximum atomic E-state index is 10.9. The fourth-order valence-corrected chi connectivity index (χ4v) is 2.80. The second-order valence-corrected chi connectivity index (χ2v) is 4.64. The van der Waals surface area contributed by atoms with Gasteiger partial charge in [-0.2, -0.15) is 0 Å². The van der Waals surface area contributed by atoms with E-state index in [9.17, 15) is 4.79 Å². The quantitative estimate of drug-likeness (QED) is 0.660. The van der Waals surface area contributed by atoms with E-state index in [0.29, 0.717) is 5.78 Å². The highest BCUT2D eigenvalue weighted by Crippen LogP contribution is 2.34. The van der Waals surface area contributed by atoms with Crippen LogP contribution >= 0.6 is 0 Å². The SMILES string of the molecule is CC(=O)CCC1CN2CCC1CC2. The molecule has 0 aliphatic carbocycles. The number of piperidine rings is 3. The van der Waals surface area contributed by atoms with Crippen molar-refractivity contribution in [1.82, 2.24) is 4.90 Å². The van der Waals surface area contributed by atoms with Crippen molar-refractivity contribution >= 4 is 5.78 Å². The van der Waals surface area contributed by atoms with Crippen molar-refractivity contribution in [1.29, 1.82) is 0 Å².